The second kappa shape index (κ2) is 5.31. The number of rotatable bonds is 3. The molecule has 3 atom stereocenters. The van der Waals surface area contributed by atoms with Crippen LogP contribution in [0.5, 0.6) is 0 Å². The molecule has 0 bridgehead atoms. The van der Waals surface area contributed by atoms with Gasteiger partial charge in [0, 0.05) is 18.4 Å². The smallest absolute Gasteiger partial charge is 0.307 e. The number of hydrogen-bond donors (Lipinski definition) is 2. The number of nitrogens with zero attached hydrogens (tertiary/aromatic N) is 1. The summed E-state index contributed by atoms with van der Waals surface area (Å²) >= 11 is 0. The summed E-state index contributed by atoms with van der Waals surface area (Å²) in [5, 5.41) is 9.25. The van der Waals surface area contributed by atoms with Crippen LogP contribution >= 0.6 is 0 Å². The van der Waals surface area contributed by atoms with Crippen LogP contribution in [0.1, 0.15) is 43.8 Å². The van der Waals surface area contributed by atoms with Gasteiger partial charge in [-0.25, -0.2) is 0 Å². The van der Waals surface area contributed by atoms with Crippen LogP contribution in [-0.4, -0.2) is 33.4 Å². The molecule has 0 spiro atoms. The number of carboxylic acids is 1. The number of aromatic amines is 1. The molecule has 108 valence electrons. The number of carbonyl (C=O) groups excluding carboxylic acids is 1. The van der Waals surface area contributed by atoms with Crippen LogP contribution in [0.25, 0.3) is 0 Å². The maximum atomic E-state index is 12.7. The molecule has 1 aromatic heterocycles. The predicted molar refractivity (Wildman–Crippen MR) is 72.9 cm³/mol. The van der Waals surface area contributed by atoms with Gasteiger partial charge >= 0.3 is 5.97 Å². The molecular formula is C15H20N2O3. The number of H-pyrrole nitrogens is 1. The van der Waals surface area contributed by atoms with Gasteiger partial charge < -0.3 is 15.0 Å². The van der Waals surface area contributed by atoms with Crippen molar-refractivity contribution in [3.8, 4) is 0 Å². The second-order valence-electron chi connectivity index (χ2n) is 5.80. The molecule has 1 amide bonds. The third-order valence-electron chi connectivity index (χ3n) is 4.67. The summed E-state index contributed by atoms with van der Waals surface area (Å²) in [7, 11) is 0. The third kappa shape index (κ3) is 2.21. The molecule has 1 aliphatic carbocycles. The molecule has 1 aliphatic heterocycles. The van der Waals surface area contributed by atoms with E-state index >= 15 is 0 Å². The van der Waals surface area contributed by atoms with E-state index in [-0.39, 0.29) is 17.9 Å². The number of likely N-dealkylation sites (tertiary alicyclic amines) is 1. The number of amides is 1. The topological polar surface area (TPSA) is 73.4 Å². The summed E-state index contributed by atoms with van der Waals surface area (Å²) in [4.78, 5) is 29.0. The monoisotopic (exact) mass is 276 g/mol. The van der Waals surface area contributed by atoms with Crippen LogP contribution in [0.4, 0.5) is 0 Å². The largest absolute Gasteiger partial charge is 0.481 e. The molecule has 1 saturated heterocycles. The van der Waals surface area contributed by atoms with E-state index in [9.17, 15) is 14.7 Å². The van der Waals surface area contributed by atoms with Crippen molar-refractivity contribution in [1.82, 2.24) is 9.88 Å². The number of hydrogen-bond acceptors (Lipinski definition) is 2. The Balaban J connectivity index is 1.77. The minimum atomic E-state index is -0.823. The first-order valence-electron chi connectivity index (χ1n) is 7.35. The lowest BCUT2D eigenvalue weighted by atomic mass is 9.94. The van der Waals surface area contributed by atoms with Crippen molar-refractivity contribution in [2.75, 3.05) is 6.54 Å². The Bertz CT molecular complexity index is 497. The van der Waals surface area contributed by atoms with Gasteiger partial charge in [0.2, 0.25) is 5.91 Å². The first-order chi connectivity index (χ1) is 9.68. The van der Waals surface area contributed by atoms with Crippen LogP contribution in [0, 0.1) is 11.8 Å². The molecule has 1 saturated carbocycles. The maximum Gasteiger partial charge on any atom is 0.307 e. The predicted octanol–water partition coefficient (Wildman–Crippen LogP) is 2.18. The van der Waals surface area contributed by atoms with Gasteiger partial charge in [-0.3, -0.25) is 9.59 Å². The van der Waals surface area contributed by atoms with Crippen LogP contribution in [-0.2, 0) is 9.59 Å². The Morgan fingerprint density at radius 3 is 2.70 bits per heavy atom. The van der Waals surface area contributed by atoms with Crippen molar-refractivity contribution in [3.05, 3.63) is 24.0 Å². The molecule has 2 aliphatic rings. The van der Waals surface area contributed by atoms with E-state index in [4.69, 9.17) is 0 Å². The fourth-order valence-electron chi connectivity index (χ4n) is 3.67. The number of nitrogens with one attached hydrogen (secondary N) is 1. The van der Waals surface area contributed by atoms with Crippen molar-refractivity contribution < 1.29 is 14.7 Å². The van der Waals surface area contributed by atoms with Crippen molar-refractivity contribution in [3.63, 3.8) is 0 Å². The molecule has 5 nitrogen and oxygen atoms in total. The lowest BCUT2D eigenvalue weighted by Crippen LogP contribution is -2.38. The molecular weight excluding hydrogens is 256 g/mol. The van der Waals surface area contributed by atoms with E-state index < -0.39 is 11.9 Å². The van der Waals surface area contributed by atoms with E-state index in [1.54, 1.807) is 0 Å². The summed E-state index contributed by atoms with van der Waals surface area (Å²) in [6.45, 7) is 0.741. The first kappa shape index (κ1) is 13.2. The fourth-order valence-corrected chi connectivity index (χ4v) is 3.67. The summed E-state index contributed by atoms with van der Waals surface area (Å²) < 4.78 is 0. The van der Waals surface area contributed by atoms with Gasteiger partial charge in [0.15, 0.2) is 0 Å². The number of aliphatic carboxylic acids is 1. The van der Waals surface area contributed by atoms with E-state index in [1.165, 1.54) is 0 Å². The average Bonchev–Trinajstić information content (AvgIpc) is 3.17. The lowest BCUT2D eigenvalue weighted by molar-refractivity contribution is -0.149. The van der Waals surface area contributed by atoms with Gasteiger partial charge in [0.25, 0.3) is 0 Å². The van der Waals surface area contributed by atoms with E-state index in [0.717, 1.165) is 31.5 Å². The van der Waals surface area contributed by atoms with Gasteiger partial charge in [-0.15, -0.1) is 0 Å². The highest BCUT2D eigenvalue weighted by Gasteiger charge is 2.42. The molecule has 2 fully saturated rings. The second-order valence-corrected chi connectivity index (χ2v) is 5.80. The van der Waals surface area contributed by atoms with Crippen molar-refractivity contribution in [2.45, 2.75) is 38.1 Å². The summed E-state index contributed by atoms with van der Waals surface area (Å²) in [6.07, 6.45) is 5.99. The molecule has 2 heterocycles. The summed E-state index contributed by atoms with van der Waals surface area (Å²) in [5.41, 5.74) is 1.06. The minimum Gasteiger partial charge on any atom is -0.481 e. The average molecular weight is 276 g/mol. The Hall–Kier alpha value is -1.78. The van der Waals surface area contributed by atoms with Gasteiger partial charge in [-0.2, -0.15) is 0 Å². The van der Waals surface area contributed by atoms with E-state index in [0.29, 0.717) is 12.8 Å². The molecule has 0 radical (unpaired) electrons. The van der Waals surface area contributed by atoms with Crippen LogP contribution in [0.3, 0.4) is 0 Å². The zero-order chi connectivity index (χ0) is 14.1. The maximum absolute atomic E-state index is 12.7. The standard InChI is InChI=1S/C15H20N2O3/c18-14(10-4-1-5-11(10)15(19)20)17-9-3-7-13(17)12-6-2-8-16-12/h2,6,8,10-11,13,16H,1,3-5,7,9H2,(H,19,20). The highest BCUT2D eigenvalue weighted by Crippen LogP contribution is 2.38. The van der Waals surface area contributed by atoms with E-state index in [1.807, 2.05) is 23.2 Å². The highest BCUT2D eigenvalue weighted by atomic mass is 16.4. The molecule has 5 heteroatoms. The van der Waals surface area contributed by atoms with Gasteiger partial charge in [-0.05, 0) is 37.8 Å². The highest BCUT2D eigenvalue weighted by molar-refractivity contribution is 5.85. The van der Waals surface area contributed by atoms with E-state index in [2.05, 4.69) is 4.98 Å². The van der Waals surface area contributed by atoms with Gasteiger partial charge in [-0.1, -0.05) is 6.42 Å². The van der Waals surface area contributed by atoms with Gasteiger partial charge in [0.05, 0.1) is 17.9 Å². The number of carbonyl (C=O) groups is 2. The van der Waals surface area contributed by atoms with Gasteiger partial charge in [0.1, 0.15) is 0 Å². The SMILES string of the molecule is O=C(O)C1CCCC1C(=O)N1CCCC1c1ccc[nH]1. The molecule has 2 N–H and O–H groups in total. The molecule has 3 unspecified atom stereocenters. The normalized spacial score (nSPS) is 29.8. The molecule has 1 aromatic rings. The summed E-state index contributed by atoms with van der Waals surface area (Å²) in [5.74, 6) is -1.61. The molecule has 20 heavy (non-hydrogen) atoms. The Morgan fingerprint density at radius 2 is 2.00 bits per heavy atom. The van der Waals surface area contributed by atoms with Crippen LogP contribution < -0.4 is 0 Å². The zero-order valence-electron chi connectivity index (χ0n) is 11.4. The zero-order valence-corrected chi connectivity index (χ0v) is 11.4. The van der Waals surface area contributed by atoms with Crippen molar-refractivity contribution in [2.24, 2.45) is 11.8 Å². The lowest BCUT2D eigenvalue weighted by Gasteiger charge is -2.28. The minimum absolute atomic E-state index is 0.0343. The number of carboxylic acid groups (broad SMARTS) is 1. The molecule has 0 aromatic carbocycles. The molecule has 3 rings (SSSR count). The fraction of sp³-hybridized carbons (Fsp3) is 0.600. The van der Waals surface area contributed by atoms with Crippen LogP contribution in [0.2, 0.25) is 0 Å². The quantitative estimate of drug-likeness (QED) is 0.888. The van der Waals surface area contributed by atoms with Crippen LogP contribution in [0.15, 0.2) is 18.3 Å². The Labute approximate surface area is 118 Å². The first-order valence-corrected chi connectivity index (χ1v) is 7.35. The third-order valence-corrected chi connectivity index (χ3v) is 4.67. The summed E-state index contributed by atoms with van der Waals surface area (Å²) in [6, 6.07) is 4.03. The Morgan fingerprint density at radius 1 is 1.20 bits per heavy atom. The number of aromatic nitrogens is 1. The Kier molecular flexibility index (Phi) is 3.51. The van der Waals surface area contributed by atoms with Crippen molar-refractivity contribution >= 4 is 11.9 Å². The van der Waals surface area contributed by atoms with Crippen molar-refractivity contribution in [1.29, 1.82) is 0 Å².